The molecule has 2 aromatic carbocycles. The first-order valence-electron chi connectivity index (χ1n) is 6.65. The van der Waals surface area contributed by atoms with Gasteiger partial charge < -0.3 is 19.9 Å². The minimum absolute atomic E-state index is 0.0800. The lowest BCUT2D eigenvalue weighted by Crippen LogP contribution is -2.18. The summed E-state index contributed by atoms with van der Waals surface area (Å²) in [5.41, 5.74) is 1.67. The highest BCUT2D eigenvalue weighted by Gasteiger charge is 2.26. The van der Waals surface area contributed by atoms with Crippen molar-refractivity contribution in [3.8, 4) is 11.5 Å². The number of carbonyl (C=O) groups is 1. The number of phenols is 1. The summed E-state index contributed by atoms with van der Waals surface area (Å²) in [5.74, 6) is 0.654. The van der Waals surface area contributed by atoms with E-state index in [-0.39, 0.29) is 18.4 Å². The van der Waals surface area contributed by atoms with Gasteiger partial charge in [-0.2, -0.15) is 0 Å². The van der Waals surface area contributed by atoms with Crippen LogP contribution in [0.4, 0.5) is 4.79 Å². The number of phenolic OH excluding ortho intramolecular Hbond substituents is 1. The Hall–Kier alpha value is -2.69. The molecule has 0 unspecified atom stereocenters. The Bertz CT molecular complexity index is 642. The summed E-state index contributed by atoms with van der Waals surface area (Å²) in [6.45, 7) is 0.652. The van der Waals surface area contributed by atoms with Crippen LogP contribution in [0.2, 0.25) is 0 Å². The van der Waals surface area contributed by atoms with Crippen molar-refractivity contribution in [1.29, 1.82) is 0 Å². The standard InChI is InChI=1S/C16H15NO4/c18-15-8-12(20-9-11-4-2-1-3-5-11)6-7-13(15)14-10-21-16(19)17-14/h1-8,14,18H,9-10H2,(H,17,19)/t14-/m1/s1. The van der Waals surface area contributed by atoms with Crippen LogP contribution in [-0.2, 0) is 11.3 Å². The van der Waals surface area contributed by atoms with Gasteiger partial charge in [0.1, 0.15) is 24.7 Å². The molecule has 21 heavy (non-hydrogen) atoms. The second kappa shape index (κ2) is 5.75. The van der Waals surface area contributed by atoms with Gasteiger partial charge in [0.25, 0.3) is 0 Å². The minimum atomic E-state index is -0.469. The molecule has 0 aliphatic carbocycles. The van der Waals surface area contributed by atoms with E-state index in [0.717, 1.165) is 5.56 Å². The van der Waals surface area contributed by atoms with E-state index in [1.54, 1.807) is 18.2 Å². The van der Waals surface area contributed by atoms with E-state index in [1.165, 1.54) is 0 Å². The lowest BCUT2D eigenvalue weighted by Gasteiger charge is -2.12. The van der Waals surface area contributed by atoms with Crippen molar-refractivity contribution in [1.82, 2.24) is 5.32 Å². The minimum Gasteiger partial charge on any atom is -0.507 e. The van der Waals surface area contributed by atoms with E-state index in [0.29, 0.717) is 17.9 Å². The fraction of sp³-hybridized carbons (Fsp3) is 0.188. The summed E-state index contributed by atoms with van der Waals surface area (Å²) < 4.78 is 10.5. The number of carbonyl (C=O) groups excluding carboxylic acids is 1. The van der Waals surface area contributed by atoms with Crippen molar-refractivity contribution in [3.05, 3.63) is 59.7 Å². The van der Waals surface area contributed by atoms with Crippen molar-refractivity contribution in [3.63, 3.8) is 0 Å². The van der Waals surface area contributed by atoms with Crippen LogP contribution in [0.15, 0.2) is 48.5 Å². The monoisotopic (exact) mass is 285 g/mol. The van der Waals surface area contributed by atoms with Crippen LogP contribution in [0, 0.1) is 0 Å². The maximum atomic E-state index is 11.0. The molecule has 108 valence electrons. The zero-order valence-electron chi connectivity index (χ0n) is 11.3. The smallest absolute Gasteiger partial charge is 0.407 e. The number of rotatable bonds is 4. The van der Waals surface area contributed by atoms with Crippen molar-refractivity contribution in [2.75, 3.05) is 6.61 Å². The molecular formula is C16H15NO4. The van der Waals surface area contributed by atoms with Gasteiger partial charge in [0.15, 0.2) is 0 Å². The van der Waals surface area contributed by atoms with Gasteiger partial charge in [0.2, 0.25) is 0 Å². The molecule has 1 fully saturated rings. The Balaban J connectivity index is 1.68. The normalized spacial score (nSPS) is 17.1. The van der Waals surface area contributed by atoms with Gasteiger partial charge in [-0.3, -0.25) is 0 Å². The van der Waals surface area contributed by atoms with Gasteiger partial charge >= 0.3 is 6.09 Å². The molecule has 0 saturated carbocycles. The molecule has 1 aliphatic heterocycles. The van der Waals surface area contributed by atoms with Gasteiger partial charge in [0, 0.05) is 11.6 Å². The number of ether oxygens (including phenoxy) is 2. The summed E-state index contributed by atoms with van der Waals surface area (Å²) >= 11 is 0. The maximum Gasteiger partial charge on any atom is 0.407 e. The Kier molecular flexibility index (Phi) is 3.64. The molecule has 1 atom stereocenters. The quantitative estimate of drug-likeness (QED) is 0.906. The number of hydrogen-bond acceptors (Lipinski definition) is 4. The largest absolute Gasteiger partial charge is 0.507 e. The van der Waals surface area contributed by atoms with Gasteiger partial charge in [-0.05, 0) is 17.7 Å². The van der Waals surface area contributed by atoms with Gasteiger partial charge in [-0.25, -0.2) is 4.79 Å². The van der Waals surface area contributed by atoms with Crippen molar-refractivity contribution < 1.29 is 19.4 Å². The van der Waals surface area contributed by atoms with Crippen LogP contribution in [0.3, 0.4) is 0 Å². The lowest BCUT2D eigenvalue weighted by molar-refractivity contribution is 0.176. The van der Waals surface area contributed by atoms with Crippen LogP contribution < -0.4 is 10.1 Å². The van der Waals surface area contributed by atoms with Crippen molar-refractivity contribution in [2.45, 2.75) is 12.6 Å². The molecule has 5 nitrogen and oxygen atoms in total. The molecule has 0 spiro atoms. The van der Waals surface area contributed by atoms with E-state index in [2.05, 4.69) is 5.32 Å². The van der Waals surface area contributed by atoms with Gasteiger partial charge in [0.05, 0.1) is 6.04 Å². The molecule has 2 N–H and O–H groups in total. The number of hydrogen-bond donors (Lipinski definition) is 2. The third kappa shape index (κ3) is 3.08. The molecule has 1 aliphatic rings. The second-order valence-corrected chi connectivity index (χ2v) is 4.79. The van der Waals surface area contributed by atoms with E-state index < -0.39 is 6.09 Å². The van der Waals surface area contributed by atoms with Gasteiger partial charge in [-0.1, -0.05) is 30.3 Å². The third-order valence-electron chi connectivity index (χ3n) is 3.30. The van der Waals surface area contributed by atoms with Crippen LogP contribution in [-0.4, -0.2) is 17.8 Å². The van der Waals surface area contributed by atoms with Crippen LogP contribution >= 0.6 is 0 Å². The Labute approximate surface area is 122 Å². The number of nitrogens with one attached hydrogen (secondary N) is 1. The first kappa shape index (κ1) is 13.3. The number of benzene rings is 2. The van der Waals surface area contributed by atoms with Crippen LogP contribution in [0.1, 0.15) is 17.2 Å². The zero-order chi connectivity index (χ0) is 14.7. The average molecular weight is 285 g/mol. The van der Waals surface area contributed by atoms with Crippen LogP contribution in [0.5, 0.6) is 11.5 Å². The fourth-order valence-electron chi connectivity index (χ4n) is 2.20. The molecule has 2 aromatic rings. The molecular weight excluding hydrogens is 270 g/mol. The molecule has 0 bridgehead atoms. The summed E-state index contributed by atoms with van der Waals surface area (Å²) in [5, 5.41) is 12.7. The molecule has 3 rings (SSSR count). The molecule has 0 aromatic heterocycles. The topological polar surface area (TPSA) is 67.8 Å². The second-order valence-electron chi connectivity index (χ2n) is 4.79. The van der Waals surface area contributed by atoms with E-state index >= 15 is 0 Å². The molecule has 1 saturated heterocycles. The molecule has 0 radical (unpaired) electrons. The van der Waals surface area contributed by atoms with E-state index in [1.807, 2.05) is 30.3 Å². The van der Waals surface area contributed by atoms with Crippen LogP contribution in [0.25, 0.3) is 0 Å². The summed E-state index contributed by atoms with van der Waals surface area (Å²) in [6.07, 6.45) is -0.469. The third-order valence-corrected chi connectivity index (χ3v) is 3.30. The van der Waals surface area contributed by atoms with Crippen molar-refractivity contribution >= 4 is 6.09 Å². The first-order valence-corrected chi connectivity index (χ1v) is 6.65. The number of alkyl carbamates (subject to hydrolysis) is 1. The zero-order valence-corrected chi connectivity index (χ0v) is 11.3. The highest BCUT2D eigenvalue weighted by Crippen LogP contribution is 2.30. The Morgan fingerprint density at radius 1 is 1.24 bits per heavy atom. The Morgan fingerprint density at radius 2 is 2.05 bits per heavy atom. The van der Waals surface area contributed by atoms with E-state index in [4.69, 9.17) is 9.47 Å². The predicted molar refractivity (Wildman–Crippen MR) is 76.1 cm³/mol. The molecule has 5 heteroatoms. The highest BCUT2D eigenvalue weighted by molar-refractivity contribution is 5.70. The summed E-state index contributed by atoms with van der Waals surface area (Å²) in [4.78, 5) is 11.0. The molecule has 1 heterocycles. The summed E-state index contributed by atoms with van der Waals surface area (Å²) in [7, 11) is 0. The highest BCUT2D eigenvalue weighted by atomic mass is 16.6. The number of aromatic hydroxyl groups is 1. The van der Waals surface area contributed by atoms with Gasteiger partial charge in [-0.15, -0.1) is 0 Å². The van der Waals surface area contributed by atoms with Crippen molar-refractivity contribution in [2.24, 2.45) is 0 Å². The fourth-order valence-corrected chi connectivity index (χ4v) is 2.20. The first-order chi connectivity index (χ1) is 10.2. The molecule has 1 amide bonds. The van der Waals surface area contributed by atoms with E-state index in [9.17, 15) is 9.90 Å². The maximum absolute atomic E-state index is 11.0. The predicted octanol–water partition coefficient (Wildman–Crippen LogP) is 2.75. The summed E-state index contributed by atoms with van der Waals surface area (Å²) in [6, 6.07) is 14.5. The number of amides is 1. The lowest BCUT2D eigenvalue weighted by atomic mass is 10.1. The SMILES string of the molecule is O=C1N[C@@H](c2ccc(OCc3ccccc3)cc2O)CO1. The average Bonchev–Trinajstić information content (AvgIpc) is 2.92. The Morgan fingerprint density at radius 3 is 2.71 bits per heavy atom. The number of cyclic esters (lactones) is 1.